The van der Waals surface area contributed by atoms with Gasteiger partial charge in [0.1, 0.15) is 6.10 Å². The molecule has 5 aliphatic rings. The highest BCUT2D eigenvalue weighted by Gasteiger charge is 2.71. The predicted molar refractivity (Wildman–Crippen MR) is 134 cm³/mol. The van der Waals surface area contributed by atoms with Gasteiger partial charge in [0.05, 0.1) is 6.10 Å². The molecule has 34 heavy (non-hydrogen) atoms. The van der Waals surface area contributed by atoms with Gasteiger partial charge in [-0.05, 0) is 111 Å². The molecule has 4 saturated carbocycles. The van der Waals surface area contributed by atoms with E-state index in [2.05, 4.69) is 34.6 Å². The standard InChI is InChI=1S/C30H48O4/c1-18(2)16-19-17-30(33,25(32)34-19)21-10-14-28(6)20(21)8-9-23-27(5)13-12-24(31)26(3,4)22(27)11-15-29(23,28)7/h16,19-24,31,33H,8-15,17H2,1-7H3/t19-,20+,21-,22-,23+,24-,27-,28+,29+,30?/m0/s1. The smallest absolute Gasteiger partial charge is 0.339 e. The van der Waals surface area contributed by atoms with Crippen molar-refractivity contribution in [3.63, 3.8) is 0 Å². The number of cyclic esters (lactones) is 1. The molecular weight excluding hydrogens is 424 g/mol. The number of esters is 1. The van der Waals surface area contributed by atoms with Crippen LogP contribution in [0.15, 0.2) is 11.6 Å². The number of fused-ring (bicyclic) bond motifs is 5. The van der Waals surface area contributed by atoms with E-state index in [0.29, 0.717) is 24.2 Å². The predicted octanol–water partition coefficient (Wildman–Crippen LogP) is 6.05. The Kier molecular flexibility index (Phi) is 5.52. The maximum Gasteiger partial charge on any atom is 0.339 e. The van der Waals surface area contributed by atoms with E-state index in [4.69, 9.17) is 4.74 Å². The summed E-state index contributed by atoms with van der Waals surface area (Å²) in [4.78, 5) is 13.0. The van der Waals surface area contributed by atoms with Crippen LogP contribution >= 0.6 is 0 Å². The molecule has 0 bridgehead atoms. The zero-order chi connectivity index (χ0) is 24.9. The molecule has 1 saturated heterocycles. The van der Waals surface area contributed by atoms with Gasteiger partial charge in [-0.3, -0.25) is 0 Å². The van der Waals surface area contributed by atoms with Crippen LogP contribution in [0.2, 0.25) is 0 Å². The number of aliphatic hydroxyl groups excluding tert-OH is 1. The average molecular weight is 473 g/mol. The van der Waals surface area contributed by atoms with Crippen LogP contribution in [-0.4, -0.2) is 34.0 Å². The Morgan fingerprint density at radius 1 is 0.882 bits per heavy atom. The summed E-state index contributed by atoms with van der Waals surface area (Å²) in [5.41, 5.74) is 0.315. The number of carbonyl (C=O) groups is 1. The average Bonchev–Trinajstić information content (AvgIpc) is 3.22. The van der Waals surface area contributed by atoms with Crippen LogP contribution < -0.4 is 0 Å². The number of hydrogen-bond acceptors (Lipinski definition) is 4. The number of hydrogen-bond donors (Lipinski definition) is 2. The fraction of sp³-hybridized carbons (Fsp3) is 0.900. The number of carbonyl (C=O) groups excluding carboxylic acids is 1. The van der Waals surface area contributed by atoms with E-state index in [9.17, 15) is 15.0 Å². The molecule has 1 heterocycles. The van der Waals surface area contributed by atoms with Crippen LogP contribution in [0.3, 0.4) is 0 Å². The van der Waals surface area contributed by atoms with E-state index < -0.39 is 11.6 Å². The number of rotatable bonds is 2. The van der Waals surface area contributed by atoms with Crippen LogP contribution in [0.1, 0.15) is 106 Å². The molecule has 0 aromatic rings. The lowest BCUT2D eigenvalue weighted by atomic mass is 9.35. The van der Waals surface area contributed by atoms with Crippen molar-refractivity contribution < 1.29 is 19.7 Å². The third kappa shape index (κ3) is 3.06. The molecule has 0 spiro atoms. The molecule has 2 N–H and O–H groups in total. The number of ether oxygens (including phenoxy) is 1. The molecule has 5 fully saturated rings. The van der Waals surface area contributed by atoms with Gasteiger partial charge in [-0.1, -0.05) is 40.2 Å². The van der Waals surface area contributed by atoms with E-state index in [1.165, 1.54) is 19.3 Å². The zero-order valence-electron chi connectivity index (χ0n) is 22.6. The lowest BCUT2D eigenvalue weighted by Crippen LogP contribution is -2.64. The van der Waals surface area contributed by atoms with Gasteiger partial charge < -0.3 is 14.9 Å². The first kappa shape index (κ1) is 24.8. The first-order valence-corrected chi connectivity index (χ1v) is 14.0. The highest BCUT2D eigenvalue weighted by atomic mass is 16.6. The minimum absolute atomic E-state index is 0.00603. The van der Waals surface area contributed by atoms with E-state index in [1.807, 2.05) is 19.9 Å². The SMILES string of the molecule is CC(C)=C[C@H]1CC(O)([C@H]2CC[C@]3(C)[C@@H]2CC[C@@H]2[C@@]4(C)CC[C@H](O)C(C)(C)[C@@H]4CC[C@]23C)C(=O)O1. The van der Waals surface area contributed by atoms with E-state index >= 15 is 0 Å². The molecule has 1 unspecified atom stereocenters. The highest BCUT2D eigenvalue weighted by molar-refractivity contribution is 5.82. The zero-order valence-corrected chi connectivity index (χ0v) is 22.6. The van der Waals surface area contributed by atoms with Gasteiger partial charge in [0.2, 0.25) is 0 Å². The quantitative estimate of drug-likeness (QED) is 0.379. The van der Waals surface area contributed by atoms with Crippen LogP contribution in [0.5, 0.6) is 0 Å². The molecule has 0 aromatic carbocycles. The Morgan fingerprint density at radius 3 is 2.24 bits per heavy atom. The first-order valence-electron chi connectivity index (χ1n) is 14.0. The van der Waals surface area contributed by atoms with E-state index in [0.717, 1.165) is 37.7 Å². The van der Waals surface area contributed by atoms with Crippen molar-refractivity contribution >= 4 is 5.97 Å². The van der Waals surface area contributed by atoms with Crippen molar-refractivity contribution in [1.82, 2.24) is 0 Å². The monoisotopic (exact) mass is 472 g/mol. The van der Waals surface area contributed by atoms with Crippen molar-refractivity contribution in [3.8, 4) is 0 Å². The second-order valence-electron chi connectivity index (χ2n) is 14.5. The van der Waals surface area contributed by atoms with Gasteiger partial charge in [-0.2, -0.15) is 0 Å². The Hall–Kier alpha value is -0.870. The van der Waals surface area contributed by atoms with Gasteiger partial charge in [-0.25, -0.2) is 4.79 Å². The minimum atomic E-state index is -1.35. The van der Waals surface area contributed by atoms with E-state index in [-0.39, 0.29) is 39.8 Å². The first-order chi connectivity index (χ1) is 15.7. The van der Waals surface area contributed by atoms with Gasteiger partial charge in [0.25, 0.3) is 0 Å². The molecule has 4 aliphatic carbocycles. The van der Waals surface area contributed by atoms with Gasteiger partial charge in [0.15, 0.2) is 5.60 Å². The lowest BCUT2D eigenvalue weighted by molar-refractivity contribution is -0.225. The van der Waals surface area contributed by atoms with Crippen molar-refractivity contribution in [2.75, 3.05) is 0 Å². The maximum absolute atomic E-state index is 13.0. The molecule has 4 nitrogen and oxygen atoms in total. The Balaban J connectivity index is 1.46. The molecule has 1 aliphatic heterocycles. The van der Waals surface area contributed by atoms with Crippen LogP contribution in [0.4, 0.5) is 0 Å². The van der Waals surface area contributed by atoms with Crippen LogP contribution in [-0.2, 0) is 9.53 Å². The fourth-order valence-electron chi connectivity index (χ4n) is 10.7. The molecule has 5 rings (SSSR count). The normalized spacial score (nSPS) is 54.0. The van der Waals surface area contributed by atoms with Gasteiger partial charge in [0, 0.05) is 12.3 Å². The second-order valence-corrected chi connectivity index (χ2v) is 14.5. The number of aliphatic hydroxyl groups is 2. The molecule has 192 valence electrons. The summed E-state index contributed by atoms with van der Waals surface area (Å²) < 4.78 is 5.68. The summed E-state index contributed by atoms with van der Waals surface area (Å²) in [5, 5.41) is 22.6. The van der Waals surface area contributed by atoms with Crippen LogP contribution in [0, 0.1) is 45.3 Å². The van der Waals surface area contributed by atoms with Gasteiger partial charge >= 0.3 is 5.97 Å². The summed E-state index contributed by atoms with van der Waals surface area (Å²) in [6.07, 6.45) is 10.6. The molecule has 0 radical (unpaired) electrons. The van der Waals surface area contributed by atoms with Crippen LogP contribution in [0.25, 0.3) is 0 Å². The Morgan fingerprint density at radius 2 is 1.56 bits per heavy atom. The summed E-state index contributed by atoms with van der Waals surface area (Å²) in [6.45, 7) is 16.2. The topological polar surface area (TPSA) is 66.8 Å². The van der Waals surface area contributed by atoms with E-state index in [1.54, 1.807) is 0 Å². The van der Waals surface area contributed by atoms with Crippen molar-refractivity contribution in [3.05, 3.63) is 11.6 Å². The van der Waals surface area contributed by atoms with Crippen molar-refractivity contribution in [2.45, 2.75) is 124 Å². The Labute approximate surface area is 206 Å². The fourth-order valence-corrected chi connectivity index (χ4v) is 10.7. The summed E-state index contributed by atoms with van der Waals surface area (Å²) in [5.74, 6) is 1.15. The highest BCUT2D eigenvalue weighted by Crippen LogP contribution is 2.76. The van der Waals surface area contributed by atoms with Crippen molar-refractivity contribution in [1.29, 1.82) is 0 Å². The third-order valence-corrected chi connectivity index (χ3v) is 12.6. The van der Waals surface area contributed by atoms with Gasteiger partial charge in [-0.15, -0.1) is 0 Å². The lowest BCUT2D eigenvalue weighted by Gasteiger charge is -2.70. The second kappa shape index (κ2) is 7.57. The number of allylic oxidation sites excluding steroid dienone is 1. The molecule has 4 heteroatoms. The minimum Gasteiger partial charge on any atom is -0.456 e. The summed E-state index contributed by atoms with van der Waals surface area (Å²) >= 11 is 0. The molecule has 0 aromatic heterocycles. The molecule has 0 amide bonds. The largest absolute Gasteiger partial charge is 0.456 e. The van der Waals surface area contributed by atoms with Crippen molar-refractivity contribution in [2.24, 2.45) is 45.3 Å². The molecular formula is C30H48O4. The Bertz CT molecular complexity index is 888. The summed E-state index contributed by atoms with van der Waals surface area (Å²) in [6, 6.07) is 0. The molecule has 10 atom stereocenters. The maximum atomic E-state index is 13.0. The third-order valence-electron chi connectivity index (χ3n) is 12.6. The summed E-state index contributed by atoms with van der Waals surface area (Å²) in [7, 11) is 0.